The lowest BCUT2D eigenvalue weighted by Gasteiger charge is -2.37. The van der Waals surface area contributed by atoms with Gasteiger partial charge in [-0.2, -0.15) is 5.26 Å². The van der Waals surface area contributed by atoms with Crippen LogP contribution in [0.4, 0.5) is 5.69 Å². The Bertz CT molecular complexity index is 493. The molecule has 1 N–H and O–H groups in total. The highest BCUT2D eigenvalue weighted by molar-refractivity contribution is 6.30. The summed E-state index contributed by atoms with van der Waals surface area (Å²) in [5.41, 5.74) is 0.548. The molecule has 0 bridgehead atoms. The van der Waals surface area contributed by atoms with Crippen molar-refractivity contribution < 1.29 is 0 Å². The minimum Gasteiger partial charge on any atom is -0.366 e. The third-order valence-electron chi connectivity index (χ3n) is 4.39. The summed E-state index contributed by atoms with van der Waals surface area (Å²) in [7, 11) is 0. The van der Waals surface area contributed by atoms with E-state index in [1.54, 1.807) is 0 Å². The number of nitrogens with one attached hydrogen (secondary N) is 1. The minimum atomic E-state index is -0.436. The van der Waals surface area contributed by atoms with Gasteiger partial charge in [0, 0.05) is 23.3 Å². The van der Waals surface area contributed by atoms with Crippen LogP contribution in [-0.4, -0.2) is 29.6 Å². The molecule has 2 unspecified atom stereocenters. The number of rotatable bonds is 2. The highest BCUT2D eigenvalue weighted by Gasteiger charge is 2.48. The van der Waals surface area contributed by atoms with Gasteiger partial charge in [0.2, 0.25) is 0 Å². The first-order chi connectivity index (χ1) is 9.23. The molecule has 2 heterocycles. The van der Waals surface area contributed by atoms with Gasteiger partial charge < -0.3 is 5.32 Å². The van der Waals surface area contributed by atoms with Crippen LogP contribution in [-0.2, 0) is 0 Å². The summed E-state index contributed by atoms with van der Waals surface area (Å²) in [6.07, 6.45) is 4.51. The Morgan fingerprint density at radius 1 is 1.26 bits per heavy atom. The van der Waals surface area contributed by atoms with Gasteiger partial charge in [-0.25, -0.2) is 0 Å². The summed E-state index contributed by atoms with van der Waals surface area (Å²) >= 11 is 5.91. The molecular formula is C15H18ClN3. The van der Waals surface area contributed by atoms with Crippen molar-refractivity contribution in [2.24, 2.45) is 0 Å². The minimum absolute atomic E-state index is 0.349. The molecule has 2 aliphatic heterocycles. The summed E-state index contributed by atoms with van der Waals surface area (Å²) in [5, 5.41) is 13.9. The second-order valence-electron chi connectivity index (χ2n) is 5.51. The molecule has 0 saturated carbocycles. The Morgan fingerprint density at radius 2 is 2.05 bits per heavy atom. The summed E-state index contributed by atoms with van der Waals surface area (Å²) in [5.74, 6) is 0. The molecule has 0 radical (unpaired) electrons. The molecule has 0 spiro atoms. The van der Waals surface area contributed by atoms with Gasteiger partial charge in [0.25, 0.3) is 0 Å². The van der Waals surface area contributed by atoms with E-state index in [2.05, 4.69) is 16.3 Å². The van der Waals surface area contributed by atoms with Crippen LogP contribution in [0.25, 0.3) is 0 Å². The van der Waals surface area contributed by atoms with Gasteiger partial charge in [0.15, 0.2) is 0 Å². The van der Waals surface area contributed by atoms with Crippen molar-refractivity contribution in [2.45, 2.75) is 37.3 Å². The lowest BCUT2D eigenvalue weighted by Crippen LogP contribution is -2.50. The molecule has 1 aromatic rings. The van der Waals surface area contributed by atoms with Crippen molar-refractivity contribution in [2.75, 3.05) is 18.4 Å². The molecule has 0 amide bonds. The molecule has 3 nitrogen and oxygen atoms in total. The zero-order valence-corrected chi connectivity index (χ0v) is 11.7. The summed E-state index contributed by atoms with van der Waals surface area (Å²) in [6.45, 7) is 2.16. The standard InChI is InChI=1S/C15H18ClN3/c16-12-4-6-13(7-5-12)18-15(11-17)8-10-19-9-2-1-3-14(15)19/h4-7,14,18H,1-3,8-10H2. The van der Waals surface area contributed by atoms with Gasteiger partial charge in [-0.3, -0.25) is 4.90 Å². The van der Waals surface area contributed by atoms with E-state index in [1.807, 2.05) is 24.3 Å². The van der Waals surface area contributed by atoms with E-state index in [-0.39, 0.29) is 0 Å². The van der Waals surface area contributed by atoms with Crippen molar-refractivity contribution in [1.29, 1.82) is 5.26 Å². The van der Waals surface area contributed by atoms with Gasteiger partial charge in [-0.1, -0.05) is 18.0 Å². The van der Waals surface area contributed by atoms with Crippen LogP contribution >= 0.6 is 11.6 Å². The van der Waals surface area contributed by atoms with Gasteiger partial charge in [-0.15, -0.1) is 0 Å². The monoisotopic (exact) mass is 275 g/mol. The Kier molecular flexibility index (Phi) is 3.38. The van der Waals surface area contributed by atoms with Gasteiger partial charge >= 0.3 is 0 Å². The van der Waals surface area contributed by atoms with E-state index < -0.39 is 5.54 Å². The SMILES string of the molecule is N#CC1(Nc2ccc(Cl)cc2)CCN2CCCCC21. The highest BCUT2D eigenvalue weighted by Crippen LogP contribution is 2.37. The molecule has 1 aromatic carbocycles. The summed E-state index contributed by atoms with van der Waals surface area (Å²) in [6, 6.07) is 10.5. The van der Waals surface area contributed by atoms with Gasteiger partial charge in [0.05, 0.1) is 6.07 Å². The third-order valence-corrected chi connectivity index (χ3v) is 4.64. The van der Waals surface area contributed by atoms with Crippen molar-refractivity contribution in [3.8, 4) is 6.07 Å². The predicted molar refractivity (Wildman–Crippen MR) is 77.2 cm³/mol. The lowest BCUT2D eigenvalue weighted by molar-refractivity contribution is 0.180. The Balaban J connectivity index is 1.83. The molecule has 3 rings (SSSR count). The normalized spacial score (nSPS) is 30.6. The smallest absolute Gasteiger partial charge is 0.142 e. The zero-order chi connectivity index (χ0) is 13.3. The number of nitrogens with zero attached hydrogens (tertiary/aromatic N) is 2. The van der Waals surface area contributed by atoms with E-state index in [0.29, 0.717) is 6.04 Å². The van der Waals surface area contributed by atoms with Crippen LogP contribution < -0.4 is 5.32 Å². The number of hydrogen-bond acceptors (Lipinski definition) is 3. The molecule has 2 aliphatic rings. The molecule has 2 fully saturated rings. The summed E-state index contributed by atoms with van der Waals surface area (Å²) < 4.78 is 0. The van der Waals surface area contributed by atoms with E-state index >= 15 is 0 Å². The second-order valence-corrected chi connectivity index (χ2v) is 5.95. The second kappa shape index (κ2) is 5.03. The Morgan fingerprint density at radius 3 is 2.79 bits per heavy atom. The largest absolute Gasteiger partial charge is 0.366 e. The maximum absolute atomic E-state index is 9.71. The van der Waals surface area contributed by atoms with E-state index in [1.165, 1.54) is 12.8 Å². The quantitative estimate of drug-likeness (QED) is 0.900. The van der Waals surface area contributed by atoms with Crippen molar-refractivity contribution in [3.63, 3.8) is 0 Å². The molecule has 0 aromatic heterocycles. The Labute approximate surface area is 119 Å². The predicted octanol–water partition coefficient (Wildman–Crippen LogP) is 3.27. The van der Waals surface area contributed by atoms with Crippen molar-refractivity contribution in [3.05, 3.63) is 29.3 Å². The van der Waals surface area contributed by atoms with Gasteiger partial charge in [0.1, 0.15) is 5.54 Å². The average molecular weight is 276 g/mol. The number of piperidine rings is 1. The van der Waals surface area contributed by atoms with E-state index in [9.17, 15) is 5.26 Å². The fraction of sp³-hybridized carbons (Fsp3) is 0.533. The third kappa shape index (κ3) is 2.31. The number of hydrogen-bond donors (Lipinski definition) is 1. The topological polar surface area (TPSA) is 39.1 Å². The van der Waals surface area contributed by atoms with E-state index in [4.69, 9.17) is 11.6 Å². The van der Waals surface area contributed by atoms with Gasteiger partial charge in [-0.05, 0) is 50.1 Å². The Hall–Kier alpha value is -1.24. The average Bonchev–Trinajstić information content (AvgIpc) is 2.81. The molecule has 2 atom stereocenters. The number of nitriles is 1. The van der Waals surface area contributed by atoms with Crippen LogP contribution in [0.3, 0.4) is 0 Å². The molecular weight excluding hydrogens is 258 g/mol. The molecule has 2 saturated heterocycles. The lowest BCUT2D eigenvalue weighted by atomic mass is 9.86. The number of fused-ring (bicyclic) bond motifs is 1. The van der Waals surface area contributed by atoms with Crippen molar-refractivity contribution >= 4 is 17.3 Å². The highest BCUT2D eigenvalue weighted by atomic mass is 35.5. The van der Waals surface area contributed by atoms with E-state index in [0.717, 1.165) is 36.6 Å². The fourth-order valence-electron chi connectivity index (χ4n) is 3.40. The molecule has 100 valence electrons. The molecule has 4 heteroatoms. The zero-order valence-electron chi connectivity index (χ0n) is 10.9. The van der Waals surface area contributed by atoms with Crippen LogP contribution in [0.2, 0.25) is 5.02 Å². The van der Waals surface area contributed by atoms with Crippen LogP contribution in [0.1, 0.15) is 25.7 Å². The van der Waals surface area contributed by atoms with Crippen LogP contribution in [0.5, 0.6) is 0 Å². The first-order valence-electron chi connectivity index (χ1n) is 6.93. The maximum Gasteiger partial charge on any atom is 0.142 e. The summed E-state index contributed by atoms with van der Waals surface area (Å²) in [4.78, 5) is 2.47. The first-order valence-corrected chi connectivity index (χ1v) is 7.30. The van der Waals surface area contributed by atoms with Crippen molar-refractivity contribution in [1.82, 2.24) is 4.90 Å². The molecule has 0 aliphatic carbocycles. The number of anilines is 1. The van der Waals surface area contributed by atoms with Crippen LogP contribution in [0, 0.1) is 11.3 Å². The number of halogens is 1. The van der Waals surface area contributed by atoms with Crippen LogP contribution in [0.15, 0.2) is 24.3 Å². The fourth-order valence-corrected chi connectivity index (χ4v) is 3.52. The first kappa shape index (κ1) is 12.8. The number of benzene rings is 1. The maximum atomic E-state index is 9.71. The molecule has 19 heavy (non-hydrogen) atoms.